The Bertz CT molecular complexity index is 818. The van der Waals surface area contributed by atoms with Crippen LogP contribution in [0.2, 0.25) is 0 Å². The fourth-order valence-electron chi connectivity index (χ4n) is 2.66. The molecule has 0 fully saturated rings. The molecule has 0 amide bonds. The van der Waals surface area contributed by atoms with E-state index in [1.807, 2.05) is 47.0 Å². The molecule has 29 heavy (non-hydrogen) atoms. The topological polar surface area (TPSA) is 0 Å². The largest absolute Gasteiger partial charge is 0.171 e. The molecule has 0 bridgehead atoms. The minimum Gasteiger partial charge on any atom is -0.0854 e. The third-order valence-corrected chi connectivity index (χ3v) is 9.98. The summed E-state index contributed by atoms with van der Waals surface area (Å²) in [6, 6.07) is 42.8. The van der Waals surface area contributed by atoms with Crippen molar-refractivity contribution in [1.29, 1.82) is 0 Å². The first kappa shape index (κ1) is 20.5. The first-order chi connectivity index (χ1) is 14.3. The SMILES string of the molecule is c1ccc(SC(Sc2ccccc2)(Sc2ccccc2)Sc2ccccc2)cc1. The summed E-state index contributed by atoms with van der Waals surface area (Å²) in [6.07, 6.45) is 0. The number of rotatable bonds is 8. The van der Waals surface area contributed by atoms with Gasteiger partial charge in [0, 0.05) is 19.6 Å². The van der Waals surface area contributed by atoms with E-state index in [1.54, 1.807) is 0 Å². The molecule has 0 unspecified atom stereocenters. The predicted molar refractivity (Wildman–Crippen MR) is 132 cm³/mol. The molecule has 0 aliphatic rings. The van der Waals surface area contributed by atoms with Crippen molar-refractivity contribution in [2.75, 3.05) is 0 Å². The van der Waals surface area contributed by atoms with Crippen molar-refractivity contribution in [3.63, 3.8) is 0 Å². The summed E-state index contributed by atoms with van der Waals surface area (Å²) >= 11 is 7.64. The highest BCUT2D eigenvalue weighted by molar-refractivity contribution is 8.47. The summed E-state index contributed by atoms with van der Waals surface area (Å²) in [4.78, 5) is 5.07. The predicted octanol–water partition coefficient (Wildman–Crippen LogP) is 8.77. The molecule has 0 aromatic heterocycles. The molecular formula is C25H20S4. The molecule has 0 nitrogen and oxygen atoms in total. The Kier molecular flexibility index (Phi) is 7.33. The molecular weight excluding hydrogens is 429 g/mol. The molecule has 0 aliphatic carbocycles. The van der Waals surface area contributed by atoms with Crippen LogP contribution in [0.4, 0.5) is 0 Å². The summed E-state index contributed by atoms with van der Waals surface area (Å²) in [5.41, 5.74) is 0. The fraction of sp³-hybridized carbons (Fsp3) is 0.0400. The molecule has 4 rings (SSSR count). The number of hydrogen-bond donors (Lipinski definition) is 0. The highest BCUT2D eigenvalue weighted by Gasteiger charge is 2.36. The zero-order chi connectivity index (χ0) is 19.8. The van der Waals surface area contributed by atoms with E-state index in [4.69, 9.17) is 0 Å². The van der Waals surface area contributed by atoms with Gasteiger partial charge in [-0.25, -0.2) is 0 Å². The molecule has 0 spiro atoms. The molecule has 0 heterocycles. The fourth-order valence-corrected chi connectivity index (χ4v) is 9.45. The Morgan fingerprint density at radius 1 is 0.310 bits per heavy atom. The average molecular weight is 449 g/mol. The van der Waals surface area contributed by atoms with E-state index in [0.717, 1.165) is 0 Å². The van der Waals surface area contributed by atoms with Crippen LogP contribution in [0.5, 0.6) is 0 Å². The van der Waals surface area contributed by atoms with Gasteiger partial charge in [0.25, 0.3) is 0 Å². The van der Waals surface area contributed by atoms with Crippen LogP contribution in [-0.4, -0.2) is 2.74 Å². The van der Waals surface area contributed by atoms with E-state index in [0.29, 0.717) is 0 Å². The van der Waals surface area contributed by atoms with Crippen LogP contribution in [0, 0.1) is 0 Å². The van der Waals surface area contributed by atoms with Crippen LogP contribution in [0.1, 0.15) is 0 Å². The lowest BCUT2D eigenvalue weighted by Gasteiger charge is -2.31. The number of thioether (sulfide) groups is 4. The van der Waals surface area contributed by atoms with Crippen molar-refractivity contribution in [3.05, 3.63) is 121 Å². The van der Waals surface area contributed by atoms with Gasteiger partial charge in [-0.05, 0) is 48.5 Å². The minimum absolute atomic E-state index is 0.217. The van der Waals surface area contributed by atoms with E-state index in [9.17, 15) is 0 Å². The highest BCUT2D eigenvalue weighted by Crippen LogP contribution is 2.63. The molecule has 0 saturated heterocycles. The van der Waals surface area contributed by atoms with Crippen molar-refractivity contribution in [2.24, 2.45) is 0 Å². The van der Waals surface area contributed by atoms with Gasteiger partial charge in [-0.2, -0.15) is 0 Å². The molecule has 0 saturated carbocycles. The lowest BCUT2D eigenvalue weighted by atomic mass is 10.4. The smallest absolute Gasteiger partial charge is 0.0854 e. The van der Waals surface area contributed by atoms with Crippen molar-refractivity contribution in [1.82, 2.24) is 0 Å². The average Bonchev–Trinajstić information content (AvgIpc) is 2.76. The Morgan fingerprint density at radius 2 is 0.517 bits per heavy atom. The van der Waals surface area contributed by atoms with Gasteiger partial charge >= 0.3 is 0 Å². The quantitative estimate of drug-likeness (QED) is 0.195. The second-order valence-corrected chi connectivity index (χ2v) is 12.9. The monoisotopic (exact) mass is 448 g/mol. The third kappa shape index (κ3) is 6.13. The zero-order valence-corrected chi connectivity index (χ0v) is 18.9. The maximum atomic E-state index is 2.20. The van der Waals surface area contributed by atoms with Gasteiger partial charge in [0.1, 0.15) is 0 Å². The van der Waals surface area contributed by atoms with Crippen LogP contribution in [-0.2, 0) is 0 Å². The number of hydrogen-bond acceptors (Lipinski definition) is 4. The van der Waals surface area contributed by atoms with E-state index in [1.165, 1.54) is 19.6 Å². The van der Waals surface area contributed by atoms with E-state index in [-0.39, 0.29) is 2.74 Å². The van der Waals surface area contributed by atoms with Gasteiger partial charge in [-0.15, -0.1) is 0 Å². The number of benzene rings is 4. The van der Waals surface area contributed by atoms with Gasteiger partial charge in [-0.1, -0.05) is 120 Å². The molecule has 144 valence electrons. The Balaban J connectivity index is 1.75. The normalized spacial score (nSPS) is 11.3. The highest BCUT2D eigenvalue weighted by atomic mass is 32.3. The maximum Gasteiger partial charge on any atom is 0.171 e. The molecule has 4 heteroatoms. The van der Waals surface area contributed by atoms with Crippen molar-refractivity contribution >= 4 is 47.0 Å². The molecule has 4 aromatic rings. The second kappa shape index (κ2) is 10.4. The summed E-state index contributed by atoms with van der Waals surface area (Å²) in [5, 5.41) is 0. The third-order valence-electron chi connectivity index (χ3n) is 3.94. The summed E-state index contributed by atoms with van der Waals surface area (Å²) < 4.78 is -0.217. The first-order valence-electron chi connectivity index (χ1n) is 9.28. The summed E-state index contributed by atoms with van der Waals surface area (Å²) in [6.45, 7) is 0. The van der Waals surface area contributed by atoms with Gasteiger partial charge in [0.05, 0.1) is 0 Å². The minimum atomic E-state index is -0.217. The van der Waals surface area contributed by atoms with Gasteiger partial charge < -0.3 is 0 Å². The standard InChI is InChI=1S/C25H20S4/c1-5-13-21(14-6-1)26-25(27-22-15-7-2-8-16-22,28-23-17-9-3-10-18-23)29-24-19-11-4-12-20-24/h1-20H. The summed E-state index contributed by atoms with van der Waals surface area (Å²) in [5.74, 6) is 0. The second-order valence-electron chi connectivity index (χ2n) is 6.16. The van der Waals surface area contributed by atoms with E-state index < -0.39 is 0 Å². The van der Waals surface area contributed by atoms with Crippen LogP contribution in [0.25, 0.3) is 0 Å². The van der Waals surface area contributed by atoms with Crippen molar-refractivity contribution < 1.29 is 0 Å². The lowest BCUT2D eigenvalue weighted by Crippen LogP contribution is -2.10. The van der Waals surface area contributed by atoms with Crippen LogP contribution < -0.4 is 0 Å². The van der Waals surface area contributed by atoms with Crippen molar-refractivity contribution in [2.45, 2.75) is 22.3 Å². The van der Waals surface area contributed by atoms with E-state index in [2.05, 4.69) is 121 Å². The first-order valence-corrected chi connectivity index (χ1v) is 12.5. The zero-order valence-electron chi connectivity index (χ0n) is 15.7. The molecule has 0 N–H and O–H groups in total. The van der Waals surface area contributed by atoms with Crippen LogP contribution >= 0.6 is 47.0 Å². The van der Waals surface area contributed by atoms with Gasteiger partial charge in [0.2, 0.25) is 0 Å². The Labute approximate surface area is 189 Å². The molecule has 0 aliphatic heterocycles. The van der Waals surface area contributed by atoms with Gasteiger partial charge in [-0.3, -0.25) is 0 Å². The molecule has 4 aromatic carbocycles. The van der Waals surface area contributed by atoms with Crippen LogP contribution in [0.15, 0.2) is 141 Å². The molecule has 0 atom stereocenters. The lowest BCUT2D eigenvalue weighted by molar-refractivity contribution is 1.41. The molecule has 0 radical (unpaired) electrons. The Morgan fingerprint density at radius 3 is 0.724 bits per heavy atom. The maximum absolute atomic E-state index is 2.20. The van der Waals surface area contributed by atoms with Gasteiger partial charge in [0.15, 0.2) is 2.74 Å². The van der Waals surface area contributed by atoms with Crippen molar-refractivity contribution in [3.8, 4) is 0 Å². The van der Waals surface area contributed by atoms with E-state index >= 15 is 0 Å². The Hall–Kier alpha value is -1.72. The van der Waals surface area contributed by atoms with Crippen LogP contribution in [0.3, 0.4) is 0 Å². The summed E-state index contributed by atoms with van der Waals surface area (Å²) in [7, 11) is 0.